The predicted octanol–water partition coefficient (Wildman–Crippen LogP) is 3.23. The SMILES string of the molecule is CCN(Cc1ccc2c(c1)OCCO2)C(=O)c1cc2ccccc2oc1=O. The molecule has 4 rings (SSSR count). The number of hydrogen-bond donors (Lipinski definition) is 0. The molecule has 0 saturated heterocycles. The van der Waals surface area contributed by atoms with Gasteiger partial charge in [-0.15, -0.1) is 0 Å². The Morgan fingerprint density at radius 2 is 1.81 bits per heavy atom. The topological polar surface area (TPSA) is 69.0 Å². The largest absolute Gasteiger partial charge is 0.486 e. The number of rotatable bonds is 4. The van der Waals surface area contributed by atoms with Crippen LogP contribution in [0.3, 0.4) is 0 Å². The second-order valence-electron chi connectivity index (χ2n) is 6.28. The quantitative estimate of drug-likeness (QED) is 0.664. The number of hydrogen-bond acceptors (Lipinski definition) is 5. The minimum atomic E-state index is -0.626. The van der Waals surface area contributed by atoms with Gasteiger partial charge in [-0.1, -0.05) is 24.3 Å². The first-order valence-electron chi connectivity index (χ1n) is 8.86. The smallest absolute Gasteiger partial charge is 0.349 e. The summed E-state index contributed by atoms with van der Waals surface area (Å²) in [6.07, 6.45) is 0. The van der Waals surface area contributed by atoms with Gasteiger partial charge in [0.15, 0.2) is 11.5 Å². The third-order valence-corrected chi connectivity index (χ3v) is 4.52. The van der Waals surface area contributed by atoms with Crippen LogP contribution >= 0.6 is 0 Å². The number of para-hydroxylation sites is 1. The summed E-state index contributed by atoms with van der Waals surface area (Å²) >= 11 is 0. The van der Waals surface area contributed by atoms with E-state index in [4.69, 9.17) is 13.9 Å². The summed E-state index contributed by atoms with van der Waals surface area (Å²) in [5.74, 6) is 1.02. The first-order chi connectivity index (χ1) is 13.2. The standard InChI is InChI=1S/C21H19NO5/c1-2-22(13-14-7-8-18-19(11-14)26-10-9-25-18)20(23)16-12-15-5-3-4-6-17(15)27-21(16)24/h3-8,11-12H,2,9-10,13H2,1H3. The second kappa shape index (κ2) is 7.15. The maximum atomic E-state index is 12.9. The molecule has 2 aromatic carbocycles. The minimum Gasteiger partial charge on any atom is -0.486 e. The Labute approximate surface area is 155 Å². The normalized spacial score (nSPS) is 12.8. The van der Waals surface area contributed by atoms with Gasteiger partial charge in [-0.3, -0.25) is 4.79 Å². The summed E-state index contributed by atoms with van der Waals surface area (Å²) in [5.41, 5.74) is 0.779. The van der Waals surface area contributed by atoms with Gasteiger partial charge in [0.2, 0.25) is 0 Å². The first kappa shape index (κ1) is 17.1. The number of benzene rings is 2. The van der Waals surface area contributed by atoms with Crippen molar-refractivity contribution >= 4 is 16.9 Å². The molecule has 0 unspecified atom stereocenters. The third kappa shape index (κ3) is 3.38. The van der Waals surface area contributed by atoms with Crippen molar-refractivity contribution in [3.8, 4) is 11.5 Å². The van der Waals surface area contributed by atoms with Gasteiger partial charge in [0.05, 0.1) is 0 Å². The average Bonchev–Trinajstić information content (AvgIpc) is 2.71. The highest BCUT2D eigenvalue weighted by Gasteiger charge is 2.21. The van der Waals surface area contributed by atoms with Crippen LogP contribution in [0.1, 0.15) is 22.8 Å². The molecule has 0 atom stereocenters. The fraction of sp³-hybridized carbons (Fsp3) is 0.238. The molecule has 1 aliphatic rings. The molecule has 1 amide bonds. The van der Waals surface area contributed by atoms with Crippen molar-refractivity contribution in [2.75, 3.05) is 19.8 Å². The number of carbonyl (C=O) groups excluding carboxylic acids is 1. The van der Waals surface area contributed by atoms with Gasteiger partial charge in [0, 0.05) is 18.5 Å². The molecular formula is C21H19NO5. The summed E-state index contributed by atoms with van der Waals surface area (Å²) in [7, 11) is 0. The van der Waals surface area contributed by atoms with Crippen molar-refractivity contribution in [2.24, 2.45) is 0 Å². The fourth-order valence-electron chi connectivity index (χ4n) is 3.12. The van der Waals surface area contributed by atoms with Crippen molar-refractivity contribution in [1.29, 1.82) is 0 Å². The molecule has 0 radical (unpaired) electrons. The molecule has 6 heteroatoms. The molecule has 1 aromatic heterocycles. The highest BCUT2D eigenvalue weighted by molar-refractivity contribution is 5.96. The maximum absolute atomic E-state index is 12.9. The van der Waals surface area contributed by atoms with Crippen molar-refractivity contribution in [1.82, 2.24) is 4.90 Å². The van der Waals surface area contributed by atoms with Gasteiger partial charge in [-0.25, -0.2) is 4.79 Å². The van der Waals surface area contributed by atoms with Gasteiger partial charge in [-0.2, -0.15) is 0 Å². The van der Waals surface area contributed by atoms with E-state index in [1.807, 2.05) is 37.3 Å². The number of ether oxygens (including phenoxy) is 2. The van der Waals surface area contributed by atoms with Crippen LogP contribution in [-0.2, 0) is 6.54 Å². The lowest BCUT2D eigenvalue weighted by molar-refractivity contribution is 0.0748. The zero-order valence-electron chi connectivity index (χ0n) is 14.9. The molecule has 0 fully saturated rings. The summed E-state index contributed by atoms with van der Waals surface area (Å²) in [6.45, 7) is 3.73. The van der Waals surface area contributed by atoms with Crippen LogP contribution in [0.5, 0.6) is 11.5 Å². The fourth-order valence-corrected chi connectivity index (χ4v) is 3.12. The molecular weight excluding hydrogens is 346 g/mol. The Hall–Kier alpha value is -3.28. The lowest BCUT2D eigenvalue weighted by Crippen LogP contribution is -2.33. The molecule has 138 valence electrons. The Bertz CT molecular complexity index is 1060. The van der Waals surface area contributed by atoms with Gasteiger partial charge >= 0.3 is 5.63 Å². The molecule has 6 nitrogen and oxygen atoms in total. The zero-order chi connectivity index (χ0) is 18.8. The lowest BCUT2D eigenvalue weighted by Gasteiger charge is -2.23. The van der Waals surface area contributed by atoms with Crippen molar-refractivity contribution in [2.45, 2.75) is 13.5 Å². The summed E-state index contributed by atoms with van der Waals surface area (Å²) in [4.78, 5) is 26.8. The number of carbonyl (C=O) groups is 1. The molecule has 0 bridgehead atoms. The molecule has 27 heavy (non-hydrogen) atoms. The summed E-state index contributed by atoms with van der Waals surface area (Å²) in [6, 6.07) is 14.3. The predicted molar refractivity (Wildman–Crippen MR) is 100 cm³/mol. The van der Waals surface area contributed by atoms with E-state index in [0.717, 1.165) is 10.9 Å². The highest BCUT2D eigenvalue weighted by atomic mass is 16.6. The molecule has 1 aliphatic heterocycles. The number of nitrogens with zero attached hydrogens (tertiary/aromatic N) is 1. The maximum Gasteiger partial charge on any atom is 0.349 e. The van der Waals surface area contributed by atoms with Gasteiger partial charge in [0.1, 0.15) is 24.4 Å². The van der Waals surface area contributed by atoms with Crippen molar-refractivity contribution in [3.63, 3.8) is 0 Å². The highest BCUT2D eigenvalue weighted by Crippen LogP contribution is 2.31. The van der Waals surface area contributed by atoms with Crippen LogP contribution in [0.15, 0.2) is 57.7 Å². The van der Waals surface area contributed by atoms with Crippen molar-refractivity contribution < 1.29 is 18.7 Å². The van der Waals surface area contributed by atoms with Crippen LogP contribution in [0.25, 0.3) is 11.0 Å². The van der Waals surface area contributed by atoms with Gasteiger partial charge in [0.25, 0.3) is 5.91 Å². The molecule has 3 aromatic rings. The average molecular weight is 365 g/mol. The summed E-state index contributed by atoms with van der Waals surface area (Å²) in [5, 5.41) is 0.718. The molecule has 0 N–H and O–H groups in total. The van der Waals surface area contributed by atoms with E-state index in [0.29, 0.717) is 43.4 Å². The van der Waals surface area contributed by atoms with E-state index in [1.54, 1.807) is 23.1 Å². The van der Waals surface area contributed by atoms with Crippen LogP contribution < -0.4 is 15.1 Å². The summed E-state index contributed by atoms with van der Waals surface area (Å²) < 4.78 is 16.4. The van der Waals surface area contributed by atoms with E-state index in [-0.39, 0.29) is 11.5 Å². The molecule has 0 saturated carbocycles. The Kier molecular flexibility index (Phi) is 4.54. The van der Waals surface area contributed by atoms with Gasteiger partial charge < -0.3 is 18.8 Å². The van der Waals surface area contributed by atoms with Crippen LogP contribution in [0, 0.1) is 0 Å². The Balaban J connectivity index is 1.62. The zero-order valence-corrected chi connectivity index (χ0v) is 14.9. The van der Waals surface area contributed by atoms with E-state index >= 15 is 0 Å². The molecule has 0 spiro atoms. The van der Waals surface area contributed by atoms with E-state index < -0.39 is 5.63 Å². The van der Waals surface area contributed by atoms with Crippen LogP contribution in [0.4, 0.5) is 0 Å². The molecule has 2 heterocycles. The van der Waals surface area contributed by atoms with Crippen LogP contribution in [-0.4, -0.2) is 30.6 Å². The first-order valence-corrected chi connectivity index (χ1v) is 8.86. The minimum absolute atomic E-state index is 0.0353. The number of fused-ring (bicyclic) bond motifs is 2. The van der Waals surface area contributed by atoms with Crippen molar-refractivity contribution in [3.05, 3.63) is 70.1 Å². The Morgan fingerprint density at radius 1 is 1.04 bits per heavy atom. The number of amides is 1. The second-order valence-corrected chi connectivity index (χ2v) is 6.28. The van der Waals surface area contributed by atoms with Crippen LogP contribution in [0.2, 0.25) is 0 Å². The monoisotopic (exact) mass is 365 g/mol. The third-order valence-electron chi connectivity index (χ3n) is 4.52. The van der Waals surface area contributed by atoms with Gasteiger partial charge in [-0.05, 0) is 36.8 Å². The van der Waals surface area contributed by atoms with E-state index in [2.05, 4.69) is 0 Å². The lowest BCUT2D eigenvalue weighted by atomic mass is 10.1. The van der Waals surface area contributed by atoms with E-state index in [1.165, 1.54) is 0 Å². The Morgan fingerprint density at radius 3 is 2.63 bits per heavy atom. The van der Waals surface area contributed by atoms with E-state index in [9.17, 15) is 9.59 Å². The molecule has 0 aliphatic carbocycles.